The summed E-state index contributed by atoms with van der Waals surface area (Å²) in [4.78, 5) is 0. The van der Waals surface area contributed by atoms with Gasteiger partial charge in [0.1, 0.15) is 0 Å². The van der Waals surface area contributed by atoms with E-state index in [9.17, 15) is 5.11 Å². The van der Waals surface area contributed by atoms with Gasteiger partial charge in [0.2, 0.25) is 0 Å². The number of benzene rings is 1. The van der Waals surface area contributed by atoms with E-state index in [1.54, 1.807) is 0 Å². The first-order valence-electron chi connectivity index (χ1n) is 6.09. The Morgan fingerprint density at radius 1 is 1.19 bits per heavy atom. The van der Waals surface area contributed by atoms with Gasteiger partial charge in [-0.15, -0.1) is 0 Å². The van der Waals surface area contributed by atoms with E-state index in [4.69, 9.17) is 0 Å². The molecule has 1 aromatic heterocycles. The molecule has 0 radical (unpaired) electrons. The highest BCUT2D eigenvalue weighted by atomic mass is 16.3. The normalized spacial score (nSPS) is 17.3. The maximum Gasteiger partial charge on any atom is 0.0702 e. The zero-order valence-corrected chi connectivity index (χ0v) is 9.39. The number of rotatable bonds is 2. The standard InChI is InChI=1S/C14H17NO/c16-10-12-5-3-4-11-8-9-15(14(11)12)13-6-1-2-7-13/h3-5,8-9,13,16H,1-2,6-7,10H2. The smallest absolute Gasteiger partial charge is 0.0702 e. The highest BCUT2D eigenvalue weighted by Gasteiger charge is 2.18. The van der Waals surface area contributed by atoms with Gasteiger partial charge in [-0.25, -0.2) is 0 Å². The van der Waals surface area contributed by atoms with Crippen LogP contribution in [-0.2, 0) is 6.61 Å². The van der Waals surface area contributed by atoms with Crippen LogP contribution in [0.5, 0.6) is 0 Å². The molecule has 1 fully saturated rings. The van der Waals surface area contributed by atoms with Crippen molar-refractivity contribution in [3.8, 4) is 0 Å². The molecule has 84 valence electrons. The molecule has 1 saturated carbocycles. The van der Waals surface area contributed by atoms with Gasteiger partial charge in [-0.3, -0.25) is 0 Å². The van der Waals surface area contributed by atoms with Crippen molar-refractivity contribution in [2.75, 3.05) is 0 Å². The van der Waals surface area contributed by atoms with Crippen LogP contribution in [0.2, 0.25) is 0 Å². The van der Waals surface area contributed by atoms with E-state index in [0.29, 0.717) is 6.04 Å². The molecule has 0 atom stereocenters. The Morgan fingerprint density at radius 2 is 2.00 bits per heavy atom. The summed E-state index contributed by atoms with van der Waals surface area (Å²) in [5, 5.41) is 10.7. The van der Waals surface area contributed by atoms with Crippen LogP contribution in [0.25, 0.3) is 10.9 Å². The molecule has 0 amide bonds. The Morgan fingerprint density at radius 3 is 2.75 bits per heavy atom. The van der Waals surface area contributed by atoms with Crippen LogP contribution < -0.4 is 0 Å². The number of hydrogen-bond acceptors (Lipinski definition) is 1. The molecule has 0 bridgehead atoms. The fraction of sp³-hybridized carbons (Fsp3) is 0.429. The molecule has 0 saturated heterocycles. The minimum absolute atomic E-state index is 0.133. The van der Waals surface area contributed by atoms with Gasteiger partial charge in [0.25, 0.3) is 0 Å². The Labute approximate surface area is 95.5 Å². The predicted molar refractivity (Wildman–Crippen MR) is 65.4 cm³/mol. The molecule has 0 aliphatic heterocycles. The van der Waals surface area contributed by atoms with Crippen LogP contribution in [-0.4, -0.2) is 9.67 Å². The lowest BCUT2D eigenvalue weighted by atomic mass is 10.1. The van der Waals surface area contributed by atoms with Crippen molar-refractivity contribution in [3.63, 3.8) is 0 Å². The van der Waals surface area contributed by atoms with E-state index in [2.05, 4.69) is 22.9 Å². The van der Waals surface area contributed by atoms with Crippen molar-refractivity contribution < 1.29 is 5.11 Å². The van der Waals surface area contributed by atoms with Gasteiger partial charge in [-0.2, -0.15) is 0 Å². The summed E-state index contributed by atoms with van der Waals surface area (Å²) in [5.41, 5.74) is 2.28. The molecule has 2 heteroatoms. The van der Waals surface area contributed by atoms with Crippen LogP contribution in [0.3, 0.4) is 0 Å². The quantitative estimate of drug-likeness (QED) is 0.817. The van der Waals surface area contributed by atoms with Crippen LogP contribution in [0.4, 0.5) is 0 Å². The monoisotopic (exact) mass is 215 g/mol. The Bertz CT molecular complexity index is 494. The number of nitrogens with zero attached hydrogens (tertiary/aromatic N) is 1. The van der Waals surface area contributed by atoms with Gasteiger partial charge in [-0.1, -0.05) is 31.0 Å². The molecule has 0 unspecified atom stereocenters. The van der Waals surface area contributed by atoms with E-state index < -0.39 is 0 Å². The molecule has 3 rings (SSSR count). The van der Waals surface area contributed by atoms with Gasteiger partial charge in [0.15, 0.2) is 0 Å². The molecule has 2 aromatic rings. The van der Waals surface area contributed by atoms with Gasteiger partial charge in [0.05, 0.1) is 12.1 Å². The highest BCUT2D eigenvalue weighted by Crippen LogP contribution is 2.33. The van der Waals surface area contributed by atoms with Crippen molar-refractivity contribution in [2.24, 2.45) is 0 Å². The van der Waals surface area contributed by atoms with Crippen molar-refractivity contribution in [1.82, 2.24) is 4.57 Å². The first-order valence-corrected chi connectivity index (χ1v) is 6.09. The molecule has 1 N–H and O–H groups in total. The van der Waals surface area contributed by atoms with Crippen LogP contribution >= 0.6 is 0 Å². The zero-order chi connectivity index (χ0) is 11.0. The largest absolute Gasteiger partial charge is 0.392 e. The van der Waals surface area contributed by atoms with E-state index in [-0.39, 0.29) is 6.61 Å². The first kappa shape index (κ1) is 9.91. The molecular weight excluding hydrogens is 198 g/mol. The van der Waals surface area contributed by atoms with Crippen molar-refractivity contribution in [1.29, 1.82) is 0 Å². The predicted octanol–water partition coefficient (Wildman–Crippen LogP) is 3.25. The summed E-state index contributed by atoms with van der Waals surface area (Å²) in [6, 6.07) is 8.97. The molecule has 16 heavy (non-hydrogen) atoms. The topological polar surface area (TPSA) is 25.2 Å². The Hall–Kier alpha value is -1.28. The second-order valence-electron chi connectivity index (χ2n) is 4.67. The van der Waals surface area contributed by atoms with Crippen molar-refractivity contribution >= 4 is 10.9 Å². The molecule has 1 aliphatic rings. The summed E-state index contributed by atoms with van der Waals surface area (Å²) in [7, 11) is 0. The number of para-hydroxylation sites is 1. The second kappa shape index (κ2) is 3.95. The Balaban J connectivity index is 2.16. The third-order valence-electron chi connectivity index (χ3n) is 3.71. The molecule has 1 aromatic carbocycles. The summed E-state index contributed by atoms with van der Waals surface area (Å²) >= 11 is 0. The number of fused-ring (bicyclic) bond motifs is 1. The maximum atomic E-state index is 9.41. The number of hydrogen-bond donors (Lipinski definition) is 1. The molecule has 1 heterocycles. The minimum atomic E-state index is 0.133. The van der Waals surface area contributed by atoms with Gasteiger partial charge >= 0.3 is 0 Å². The average Bonchev–Trinajstić information content (AvgIpc) is 2.96. The van der Waals surface area contributed by atoms with Gasteiger partial charge < -0.3 is 9.67 Å². The summed E-state index contributed by atoms with van der Waals surface area (Å²) in [6.07, 6.45) is 7.42. The minimum Gasteiger partial charge on any atom is -0.392 e. The van der Waals surface area contributed by atoms with E-state index in [1.807, 2.05) is 12.1 Å². The fourth-order valence-corrected chi connectivity index (χ4v) is 2.91. The third kappa shape index (κ3) is 1.45. The Kier molecular flexibility index (Phi) is 2.44. The summed E-state index contributed by atoms with van der Waals surface area (Å²) in [6.45, 7) is 0.133. The molecule has 1 aliphatic carbocycles. The van der Waals surface area contributed by atoms with Crippen LogP contribution in [0, 0.1) is 0 Å². The molecule has 2 nitrogen and oxygen atoms in total. The van der Waals surface area contributed by atoms with Crippen molar-refractivity contribution in [2.45, 2.75) is 38.3 Å². The van der Waals surface area contributed by atoms with Crippen molar-refractivity contribution in [3.05, 3.63) is 36.0 Å². The lowest BCUT2D eigenvalue weighted by Gasteiger charge is -2.15. The highest BCUT2D eigenvalue weighted by molar-refractivity contribution is 5.83. The summed E-state index contributed by atoms with van der Waals surface area (Å²) < 4.78 is 2.37. The van der Waals surface area contributed by atoms with Gasteiger partial charge in [0, 0.05) is 17.8 Å². The molecular formula is C14H17NO. The van der Waals surface area contributed by atoms with E-state index in [1.165, 1.54) is 36.6 Å². The first-order chi connectivity index (χ1) is 7.90. The molecule has 0 spiro atoms. The van der Waals surface area contributed by atoms with E-state index in [0.717, 1.165) is 5.56 Å². The van der Waals surface area contributed by atoms with Crippen LogP contribution in [0.15, 0.2) is 30.5 Å². The number of aliphatic hydroxyl groups is 1. The summed E-state index contributed by atoms with van der Waals surface area (Å²) in [5.74, 6) is 0. The average molecular weight is 215 g/mol. The number of aromatic nitrogens is 1. The van der Waals surface area contributed by atoms with E-state index >= 15 is 0 Å². The maximum absolute atomic E-state index is 9.41. The lowest BCUT2D eigenvalue weighted by molar-refractivity contribution is 0.282. The lowest BCUT2D eigenvalue weighted by Crippen LogP contribution is -2.04. The fourth-order valence-electron chi connectivity index (χ4n) is 2.91. The third-order valence-corrected chi connectivity index (χ3v) is 3.71. The van der Waals surface area contributed by atoms with Gasteiger partial charge in [-0.05, 0) is 24.3 Å². The number of aliphatic hydroxyl groups excluding tert-OH is 1. The SMILES string of the molecule is OCc1cccc2ccn(C3CCCC3)c12. The second-order valence-corrected chi connectivity index (χ2v) is 4.67. The van der Waals surface area contributed by atoms with Crippen LogP contribution in [0.1, 0.15) is 37.3 Å². The zero-order valence-electron chi connectivity index (χ0n) is 9.39.